The molecule has 1 heterocycles. The lowest BCUT2D eigenvalue weighted by atomic mass is 9.95. The summed E-state index contributed by atoms with van der Waals surface area (Å²) in [4.78, 5) is 11.1. The van der Waals surface area contributed by atoms with Crippen molar-refractivity contribution in [2.45, 2.75) is 37.9 Å². The molecule has 4 rings (SSSR count). The first-order chi connectivity index (χ1) is 15.4. The van der Waals surface area contributed by atoms with E-state index in [-0.39, 0.29) is 12.2 Å². The number of rotatable bonds is 7. The summed E-state index contributed by atoms with van der Waals surface area (Å²) in [7, 11) is 3.85. The number of nitrogen functional groups attached to an aromatic ring is 1. The van der Waals surface area contributed by atoms with Gasteiger partial charge in [-0.3, -0.25) is 0 Å². The third-order valence-electron chi connectivity index (χ3n) is 5.62. The van der Waals surface area contributed by atoms with E-state index in [1.54, 1.807) is 12.3 Å². The Balaban J connectivity index is 1.53. The summed E-state index contributed by atoms with van der Waals surface area (Å²) in [5.74, 6) is 1.17. The maximum Gasteiger partial charge on any atom is 0.227 e. The Bertz CT molecular complexity index is 1110. The molecule has 0 saturated heterocycles. The van der Waals surface area contributed by atoms with Crippen molar-refractivity contribution in [2.75, 3.05) is 31.7 Å². The van der Waals surface area contributed by atoms with Crippen LogP contribution in [0.4, 0.5) is 17.3 Å². The van der Waals surface area contributed by atoms with Crippen molar-refractivity contribution in [3.05, 3.63) is 48.2 Å². The Morgan fingerprint density at radius 3 is 2.72 bits per heavy atom. The molecule has 2 aromatic carbocycles. The lowest BCUT2D eigenvalue weighted by molar-refractivity contribution is 0.0672. The van der Waals surface area contributed by atoms with E-state index >= 15 is 0 Å². The molecule has 1 aromatic heterocycles. The quantitative estimate of drug-likeness (QED) is 0.331. The van der Waals surface area contributed by atoms with Crippen LogP contribution >= 0.6 is 0 Å². The molecule has 5 N–H and O–H groups in total. The SMILES string of the molecule is CN(C)CC(=N)c1ccc(Nc2ncc3cccc(O[C@H]4CC[C@@H](O)CC4)c3n2)cc1N. The Hall–Kier alpha value is -3.23. The largest absolute Gasteiger partial charge is 0.488 e. The van der Waals surface area contributed by atoms with E-state index in [1.165, 1.54) is 0 Å². The van der Waals surface area contributed by atoms with Gasteiger partial charge in [-0.15, -0.1) is 0 Å². The van der Waals surface area contributed by atoms with Crippen molar-refractivity contribution in [3.8, 4) is 5.75 Å². The van der Waals surface area contributed by atoms with Gasteiger partial charge in [0.1, 0.15) is 11.3 Å². The van der Waals surface area contributed by atoms with Crippen molar-refractivity contribution >= 4 is 33.9 Å². The van der Waals surface area contributed by atoms with Gasteiger partial charge in [0.15, 0.2) is 0 Å². The number of hydrogen-bond donors (Lipinski definition) is 4. The number of para-hydroxylation sites is 1. The minimum absolute atomic E-state index is 0.0835. The smallest absolute Gasteiger partial charge is 0.227 e. The second-order valence-electron chi connectivity index (χ2n) is 8.58. The fourth-order valence-electron chi connectivity index (χ4n) is 3.97. The molecule has 0 spiro atoms. The third kappa shape index (κ3) is 5.15. The van der Waals surface area contributed by atoms with Crippen LogP contribution in [0.15, 0.2) is 42.6 Å². The van der Waals surface area contributed by atoms with Crippen LogP contribution in [0.3, 0.4) is 0 Å². The molecule has 3 aromatic rings. The molecular formula is C24H30N6O2. The van der Waals surface area contributed by atoms with Gasteiger partial charge in [-0.05, 0) is 64.0 Å². The van der Waals surface area contributed by atoms with Crippen LogP contribution in [-0.2, 0) is 0 Å². The average Bonchev–Trinajstić information content (AvgIpc) is 2.75. The van der Waals surface area contributed by atoms with Gasteiger partial charge in [0.05, 0.1) is 17.9 Å². The molecule has 1 fully saturated rings. The highest BCUT2D eigenvalue weighted by atomic mass is 16.5. The number of nitrogens with two attached hydrogens (primary N) is 1. The maximum atomic E-state index is 9.74. The molecule has 1 aliphatic rings. The van der Waals surface area contributed by atoms with Gasteiger partial charge in [0, 0.05) is 35.1 Å². The molecule has 8 heteroatoms. The van der Waals surface area contributed by atoms with E-state index in [0.717, 1.165) is 53.6 Å². The summed E-state index contributed by atoms with van der Waals surface area (Å²) in [6, 6.07) is 11.3. The van der Waals surface area contributed by atoms with Crippen LogP contribution < -0.4 is 15.8 Å². The van der Waals surface area contributed by atoms with Crippen LogP contribution in [0.1, 0.15) is 31.2 Å². The summed E-state index contributed by atoms with van der Waals surface area (Å²) in [6.45, 7) is 0.521. The summed E-state index contributed by atoms with van der Waals surface area (Å²) >= 11 is 0. The Morgan fingerprint density at radius 2 is 2.00 bits per heavy atom. The summed E-state index contributed by atoms with van der Waals surface area (Å²) in [5.41, 5.74) is 9.42. The molecule has 0 radical (unpaired) electrons. The number of nitrogens with zero attached hydrogens (tertiary/aromatic N) is 3. The van der Waals surface area contributed by atoms with E-state index in [4.69, 9.17) is 20.9 Å². The first-order valence-electron chi connectivity index (χ1n) is 10.9. The number of aliphatic hydroxyl groups excluding tert-OH is 1. The lowest BCUT2D eigenvalue weighted by Gasteiger charge is -2.26. The van der Waals surface area contributed by atoms with E-state index < -0.39 is 0 Å². The molecule has 0 unspecified atom stereocenters. The molecule has 1 aliphatic carbocycles. The van der Waals surface area contributed by atoms with Gasteiger partial charge < -0.3 is 31.2 Å². The number of ether oxygens (including phenoxy) is 1. The molecule has 1 saturated carbocycles. The summed E-state index contributed by atoms with van der Waals surface area (Å²) < 4.78 is 6.24. The van der Waals surface area contributed by atoms with Gasteiger partial charge in [-0.25, -0.2) is 9.97 Å². The van der Waals surface area contributed by atoms with Gasteiger partial charge in [0.2, 0.25) is 5.95 Å². The average molecular weight is 435 g/mol. The molecule has 0 aliphatic heterocycles. The molecule has 0 bridgehead atoms. The number of likely N-dealkylation sites (N-methyl/N-ethyl adjacent to an activating group) is 1. The van der Waals surface area contributed by atoms with E-state index in [0.29, 0.717) is 23.9 Å². The second kappa shape index (κ2) is 9.50. The highest BCUT2D eigenvalue weighted by molar-refractivity contribution is 6.04. The van der Waals surface area contributed by atoms with Crippen LogP contribution in [0.5, 0.6) is 5.75 Å². The topological polar surface area (TPSA) is 120 Å². The first-order valence-corrected chi connectivity index (χ1v) is 10.9. The number of benzene rings is 2. The van der Waals surface area contributed by atoms with Crippen molar-refractivity contribution in [1.29, 1.82) is 5.41 Å². The second-order valence-corrected chi connectivity index (χ2v) is 8.58. The molecule has 0 amide bonds. The highest BCUT2D eigenvalue weighted by Crippen LogP contribution is 2.30. The predicted molar refractivity (Wildman–Crippen MR) is 128 cm³/mol. The zero-order valence-electron chi connectivity index (χ0n) is 18.5. The number of anilines is 3. The predicted octanol–water partition coefficient (Wildman–Crippen LogP) is 3.57. The Morgan fingerprint density at radius 1 is 1.22 bits per heavy atom. The number of nitrogens with one attached hydrogen (secondary N) is 2. The number of fused-ring (bicyclic) bond motifs is 1. The van der Waals surface area contributed by atoms with Crippen molar-refractivity contribution in [2.24, 2.45) is 0 Å². The fourth-order valence-corrected chi connectivity index (χ4v) is 3.97. The van der Waals surface area contributed by atoms with Crippen LogP contribution in [0, 0.1) is 5.41 Å². The molecule has 0 atom stereocenters. The lowest BCUT2D eigenvalue weighted by Crippen LogP contribution is -2.26. The first kappa shape index (κ1) is 22.0. The van der Waals surface area contributed by atoms with Crippen LogP contribution in [0.2, 0.25) is 0 Å². The van der Waals surface area contributed by atoms with Gasteiger partial charge in [-0.2, -0.15) is 0 Å². The summed E-state index contributed by atoms with van der Waals surface area (Å²) in [6.07, 6.45) is 4.84. The van der Waals surface area contributed by atoms with Crippen LogP contribution in [0.25, 0.3) is 10.9 Å². The van der Waals surface area contributed by atoms with E-state index in [2.05, 4.69) is 10.3 Å². The zero-order valence-corrected chi connectivity index (χ0v) is 18.5. The zero-order chi connectivity index (χ0) is 22.7. The van der Waals surface area contributed by atoms with Crippen molar-refractivity contribution in [1.82, 2.24) is 14.9 Å². The number of hydrogen-bond acceptors (Lipinski definition) is 8. The normalized spacial score (nSPS) is 18.6. The monoisotopic (exact) mass is 434 g/mol. The highest BCUT2D eigenvalue weighted by Gasteiger charge is 2.21. The van der Waals surface area contributed by atoms with Crippen LogP contribution in [-0.4, -0.2) is 58.5 Å². The third-order valence-corrected chi connectivity index (χ3v) is 5.62. The molecule has 168 valence electrons. The van der Waals surface area contributed by atoms with Crippen molar-refractivity contribution in [3.63, 3.8) is 0 Å². The summed E-state index contributed by atoms with van der Waals surface area (Å²) in [5, 5.41) is 22.1. The fraction of sp³-hybridized carbons (Fsp3) is 0.375. The van der Waals surface area contributed by atoms with Gasteiger partial charge in [-0.1, -0.05) is 12.1 Å². The number of aromatic nitrogens is 2. The number of aliphatic hydroxyl groups is 1. The van der Waals surface area contributed by atoms with Gasteiger partial charge >= 0.3 is 0 Å². The standard InChI is InChI=1S/C24H30N6O2/c1-30(2)14-21(26)19-11-6-16(12-20(19)25)28-24-27-13-15-4-3-5-22(23(15)29-24)32-18-9-7-17(31)8-10-18/h3-6,11-13,17-18,26,31H,7-10,14,25H2,1-2H3,(H,27,28,29)/t17-,18+. The molecule has 8 nitrogen and oxygen atoms in total. The Labute approximate surface area is 187 Å². The van der Waals surface area contributed by atoms with E-state index in [1.807, 2.05) is 49.3 Å². The molecular weight excluding hydrogens is 404 g/mol. The Kier molecular flexibility index (Phi) is 6.53. The van der Waals surface area contributed by atoms with E-state index in [9.17, 15) is 5.11 Å². The minimum Gasteiger partial charge on any atom is -0.488 e. The minimum atomic E-state index is -0.217. The molecule has 32 heavy (non-hydrogen) atoms. The van der Waals surface area contributed by atoms with Gasteiger partial charge in [0.25, 0.3) is 0 Å². The van der Waals surface area contributed by atoms with Crippen molar-refractivity contribution < 1.29 is 9.84 Å². The maximum absolute atomic E-state index is 9.74.